The number of anilines is 1. The first-order valence-corrected chi connectivity index (χ1v) is 7.11. The lowest BCUT2D eigenvalue weighted by atomic mass is 10.1. The van der Waals surface area contributed by atoms with E-state index < -0.39 is 0 Å². The van der Waals surface area contributed by atoms with Gasteiger partial charge in [0.1, 0.15) is 5.75 Å². The van der Waals surface area contributed by atoms with Crippen LogP contribution in [0.25, 0.3) is 0 Å². The van der Waals surface area contributed by atoms with E-state index in [0.29, 0.717) is 28.8 Å². The fraction of sp³-hybridized carbons (Fsp3) is 0.462. The molecule has 1 aromatic rings. The van der Waals surface area contributed by atoms with Crippen LogP contribution in [0.2, 0.25) is 0 Å². The normalized spacial score (nSPS) is 11.9. The molecule has 0 bridgehead atoms. The van der Waals surface area contributed by atoms with Crippen LogP contribution in [0.5, 0.6) is 5.75 Å². The second kappa shape index (κ2) is 7.16. The minimum absolute atomic E-state index is 0.0957. The van der Waals surface area contributed by atoms with Crippen molar-refractivity contribution >= 4 is 23.4 Å². The maximum atomic E-state index is 11.9. The molecule has 0 aliphatic rings. The lowest BCUT2D eigenvalue weighted by molar-refractivity contribution is 0.0953. The molecule has 3 N–H and O–H groups in total. The molecule has 0 aliphatic carbocycles. The van der Waals surface area contributed by atoms with Gasteiger partial charge in [-0.25, -0.2) is 0 Å². The molecule has 1 unspecified atom stereocenters. The number of rotatable bonds is 6. The SMILES string of the molecule is COc1cc(C(=O)NCCC(C)SC)ccc1N. The molecule has 0 heterocycles. The molecule has 1 rings (SSSR count). The third kappa shape index (κ3) is 4.14. The second-order valence-corrected chi connectivity index (χ2v) is 5.32. The Balaban J connectivity index is 2.56. The minimum Gasteiger partial charge on any atom is -0.495 e. The molecule has 0 spiro atoms. The number of nitrogen functional groups attached to an aromatic ring is 1. The third-order valence-electron chi connectivity index (χ3n) is 2.73. The van der Waals surface area contributed by atoms with Crippen LogP contribution in [0.3, 0.4) is 0 Å². The summed E-state index contributed by atoms with van der Waals surface area (Å²) in [6.07, 6.45) is 3.02. The number of nitrogens with one attached hydrogen (secondary N) is 1. The Bertz CT molecular complexity index is 410. The van der Waals surface area contributed by atoms with Crippen molar-refractivity contribution in [2.24, 2.45) is 0 Å². The Hall–Kier alpha value is -1.36. The molecule has 0 saturated heterocycles. The molecule has 1 atom stereocenters. The summed E-state index contributed by atoms with van der Waals surface area (Å²) >= 11 is 1.79. The second-order valence-electron chi connectivity index (χ2n) is 4.05. The van der Waals surface area contributed by atoms with Crippen molar-refractivity contribution in [2.45, 2.75) is 18.6 Å². The zero-order chi connectivity index (χ0) is 13.5. The molecule has 0 saturated carbocycles. The van der Waals surface area contributed by atoms with Crippen LogP contribution in [0.15, 0.2) is 18.2 Å². The lowest BCUT2D eigenvalue weighted by Gasteiger charge is -2.10. The van der Waals surface area contributed by atoms with Crippen molar-refractivity contribution in [3.63, 3.8) is 0 Å². The van der Waals surface area contributed by atoms with E-state index in [1.807, 2.05) is 0 Å². The van der Waals surface area contributed by atoms with Crippen LogP contribution >= 0.6 is 11.8 Å². The smallest absolute Gasteiger partial charge is 0.251 e. The quantitative estimate of drug-likeness (QED) is 0.776. The molecular formula is C13H20N2O2S. The van der Waals surface area contributed by atoms with Crippen LogP contribution < -0.4 is 15.8 Å². The van der Waals surface area contributed by atoms with Gasteiger partial charge in [-0.05, 0) is 30.9 Å². The molecule has 0 aliphatic heterocycles. The van der Waals surface area contributed by atoms with Gasteiger partial charge in [-0.2, -0.15) is 11.8 Å². The van der Waals surface area contributed by atoms with Gasteiger partial charge in [-0.1, -0.05) is 6.92 Å². The predicted octanol–water partition coefficient (Wildman–Crippen LogP) is 2.15. The van der Waals surface area contributed by atoms with Crippen LogP contribution in [-0.2, 0) is 0 Å². The van der Waals surface area contributed by atoms with Crippen LogP contribution in [0, 0.1) is 0 Å². The fourth-order valence-electron chi connectivity index (χ4n) is 1.46. The van der Waals surface area contributed by atoms with Crippen molar-refractivity contribution in [1.29, 1.82) is 0 Å². The Kier molecular flexibility index (Phi) is 5.85. The van der Waals surface area contributed by atoms with E-state index in [2.05, 4.69) is 18.5 Å². The highest BCUT2D eigenvalue weighted by Crippen LogP contribution is 2.22. The summed E-state index contributed by atoms with van der Waals surface area (Å²) in [4.78, 5) is 11.9. The van der Waals surface area contributed by atoms with Crippen molar-refractivity contribution in [3.05, 3.63) is 23.8 Å². The summed E-state index contributed by atoms with van der Waals surface area (Å²) in [6.45, 7) is 2.82. The van der Waals surface area contributed by atoms with E-state index in [4.69, 9.17) is 10.5 Å². The van der Waals surface area contributed by atoms with E-state index in [-0.39, 0.29) is 5.91 Å². The van der Waals surface area contributed by atoms with Gasteiger partial charge in [0.25, 0.3) is 5.91 Å². The van der Waals surface area contributed by atoms with Gasteiger partial charge in [0.2, 0.25) is 0 Å². The molecule has 1 amide bonds. The van der Waals surface area contributed by atoms with Gasteiger partial charge in [-0.3, -0.25) is 4.79 Å². The summed E-state index contributed by atoms with van der Waals surface area (Å²) in [5.74, 6) is 0.432. The first kappa shape index (κ1) is 14.7. The first-order valence-electron chi connectivity index (χ1n) is 5.83. The largest absolute Gasteiger partial charge is 0.495 e. The fourth-order valence-corrected chi connectivity index (χ4v) is 1.81. The summed E-state index contributed by atoms with van der Waals surface area (Å²) < 4.78 is 5.09. The maximum Gasteiger partial charge on any atom is 0.251 e. The lowest BCUT2D eigenvalue weighted by Crippen LogP contribution is -2.26. The summed E-state index contributed by atoms with van der Waals surface area (Å²) in [6, 6.07) is 5.03. The summed E-state index contributed by atoms with van der Waals surface area (Å²) in [5.41, 5.74) is 6.80. The van der Waals surface area contributed by atoms with E-state index in [0.717, 1.165) is 6.42 Å². The van der Waals surface area contributed by atoms with Crippen LogP contribution in [0.1, 0.15) is 23.7 Å². The maximum absolute atomic E-state index is 11.9. The van der Waals surface area contributed by atoms with Gasteiger partial charge < -0.3 is 15.8 Å². The van der Waals surface area contributed by atoms with E-state index in [9.17, 15) is 4.79 Å². The number of hydrogen-bond donors (Lipinski definition) is 2. The standard InChI is InChI=1S/C13H20N2O2S/c1-9(18-3)6-7-15-13(16)10-4-5-11(14)12(8-10)17-2/h4-5,8-9H,6-7,14H2,1-3H3,(H,15,16). The van der Waals surface area contributed by atoms with Gasteiger partial charge in [0.15, 0.2) is 0 Å². The molecule has 18 heavy (non-hydrogen) atoms. The number of carbonyl (C=O) groups is 1. The average Bonchev–Trinajstić information content (AvgIpc) is 2.38. The van der Waals surface area contributed by atoms with E-state index in [1.165, 1.54) is 7.11 Å². The molecule has 100 valence electrons. The zero-order valence-corrected chi connectivity index (χ0v) is 11.8. The van der Waals surface area contributed by atoms with Gasteiger partial charge >= 0.3 is 0 Å². The highest BCUT2D eigenvalue weighted by molar-refractivity contribution is 7.99. The number of ether oxygens (including phenoxy) is 1. The number of benzene rings is 1. The topological polar surface area (TPSA) is 64.3 Å². The Morgan fingerprint density at radius 2 is 2.28 bits per heavy atom. The van der Waals surface area contributed by atoms with Crippen molar-refractivity contribution in [1.82, 2.24) is 5.32 Å². The zero-order valence-electron chi connectivity index (χ0n) is 11.0. The third-order valence-corrected chi connectivity index (χ3v) is 3.77. The number of amides is 1. The molecule has 0 aromatic heterocycles. The summed E-state index contributed by atoms with van der Waals surface area (Å²) in [7, 11) is 1.54. The molecule has 5 heteroatoms. The molecule has 0 radical (unpaired) electrons. The Morgan fingerprint density at radius 3 is 2.89 bits per heavy atom. The van der Waals surface area contributed by atoms with E-state index >= 15 is 0 Å². The number of methoxy groups -OCH3 is 1. The highest BCUT2D eigenvalue weighted by atomic mass is 32.2. The van der Waals surface area contributed by atoms with Gasteiger partial charge in [0, 0.05) is 17.4 Å². The van der Waals surface area contributed by atoms with E-state index in [1.54, 1.807) is 30.0 Å². The van der Waals surface area contributed by atoms with Crippen molar-refractivity contribution < 1.29 is 9.53 Å². The van der Waals surface area contributed by atoms with Gasteiger partial charge in [0.05, 0.1) is 12.8 Å². The molecular weight excluding hydrogens is 248 g/mol. The predicted molar refractivity (Wildman–Crippen MR) is 77.3 cm³/mol. The highest BCUT2D eigenvalue weighted by Gasteiger charge is 2.09. The number of nitrogens with two attached hydrogens (primary N) is 1. The average molecular weight is 268 g/mol. The number of carbonyl (C=O) groups excluding carboxylic acids is 1. The summed E-state index contributed by atoms with van der Waals surface area (Å²) in [5, 5.41) is 3.43. The monoisotopic (exact) mass is 268 g/mol. The Morgan fingerprint density at radius 1 is 1.56 bits per heavy atom. The first-order chi connectivity index (χ1) is 8.58. The van der Waals surface area contributed by atoms with Crippen molar-refractivity contribution in [2.75, 3.05) is 25.6 Å². The Labute approximate surface area is 112 Å². The van der Waals surface area contributed by atoms with Crippen LogP contribution in [0.4, 0.5) is 5.69 Å². The number of hydrogen-bond acceptors (Lipinski definition) is 4. The van der Waals surface area contributed by atoms with Crippen LogP contribution in [-0.4, -0.2) is 31.1 Å². The van der Waals surface area contributed by atoms with Gasteiger partial charge in [-0.15, -0.1) is 0 Å². The van der Waals surface area contributed by atoms with Crippen molar-refractivity contribution in [3.8, 4) is 5.75 Å². The molecule has 4 nitrogen and oxygen atoms in total. The number of thioether (sulfide) groups is 1. The minimum atomic E-state index is -0.0957. The molecule has 0 fully saturated rings. The molecule has 1 aromatic carbocycles.